The van der Waals surface area contributed by atoms with E-state index in [9.17, 15) is 10.1 Å². The van der Waals surface area contributed by atoms with E-state index in [-0.39, 0.29) is 35.4 Å². The van der Waals surface area contributed by atoms with E-state index in [2.05, 4.69) is 47.2 Å². The Morgan fingerprint density at radius 2 is 1.93 bits per heavy atom. The minimum Gasteiger partial charge on any atom is -0.444 e. The van der Waals surface area contributed by atoms with Crippen LogP contribution in [0.25, 0.3) is 33.1 Å². The highest BCUT2D eigenvalue weighted by Crippen LogP contribution is 2.42. The number of pyridine rings is 1. The Balaban J connectivity index is 1.49. The van der Waals surface area contributed by atoms with Crippen LogP contribution in [0.15, 0.2) is 30.3 Å². The van der Waals surface area contributed by atoms with E-state index in [1.807, 2.05) is 69.6 Å². The number of anilines is 1. The number of aromatic nitrogens is 4. The number of likely N-dealkylation sites (N-methyl/N-ethyl adjacent to an activating group) is 1. The molecule has 1 amide bonds. The summed E-state index contributed by atoms with van der Waals surface area (Å²) in [5.41, 5.74) is 4.14. The molecule has 2 aliphatic rings. The topological polar surface area (TPSA) is 103 Å². The second-order valence-corrected chi connectivity index (χ2v) is 14.4. The molecule has 2 atom stereocenters. The Labute approximate surface area is 269 Å². The number of piperidine rings is 1. The summed E-state index contributed by atoms with van der Waals surface area (Å²) < 4.78 is 24.4. The fraction of sp³-hybridized carbons (Fsp3) is 0.514. The zero-order valence-corrected chi connectivity index (χ0v) is 28.1. The molecule has 0 radical (unpaired) electrons. The first kappa shape index (κ1) is 31.7. The predicted molar refractivity (Wildman–Crippen MR) is 177 cm³/mol. The third-order valence-corrected chi connectivity index (χ3v) is 9.55. The van der Waals surface area contributed by atoms with Crippen molar-refractivity contribution >= 4 is 33.8 Å². The molecule has 1 unspecified atom stereocenters. The lowest BCUT2D eigenvalue weighted by molar-refractivity contribution is 0.00557. The Morgan fingerprint density at radius 1 is 1.20 bits per heavy atom. The van der Waals surface area contributed by atoms with Crippen LogP contribution in [0, 0.1) is 31.0 Å². The number of amides is 1. The molecule has 4 aromatic rings. The molecule has 0 saturated carbocycles. The van der Waals surface area contributed by atoms with Crippen molar-refractivity contribution in [3.8, 4) is 17.2 Å². The van der Waals surface area contributed by atoms with E-state index >= 15 is 4.39 Å². The summed E-state index contributed by atoms with van der Waals surface area (Å²) in [5.74, 6) is 0.250. The predicted octanol–water partition coefficient (Wildman–Crippen LogP) is 6.40. The molecule has 0 spiro atoms. The third kappa shape index (κ3) is 5.53. The Hall–Kier alpha value is -4.30. The fourth-order valence-electron chi connectivity index (χ4n) is 6.86. The molecule has 242 valence electrons. The van der Waals surface area contributed by atoms with Gasteiger partial charge in [-0.15, -0.1) is 5.10 Å². The van der Waals surface area contributed by atoms with Gasteiger partial charge < -0.3 is 19.4 Å². The lowest BCUT2D eigenvalue weighted by atomic mass is 9.90. The Kier molecular flexibility index (Phi) is 7.92. The zero-order valence-electron chi connectivity index (χ0n) is 28.1. The van der Waals surface area contributed by atoms with Crippen LogP contribution in [-0.2, 0) is 4.74 Å². The van der Waals surface area contributed by atoms with Gasteiger partial charge in [-0.25, -0.2) is 18.9 Å². The molecule has 0 aliphatic carbocycles. The molecule has 6 rings (SSSR count). The highest BCUT2D eigenvalue weighted by atomic mass is 19.1. The number of hydrogen-bond acceptors (Lipinski definition) is 8. The van der Waals surface area contributed by atoms with E-state index < -0.39 is 11.7 Å². The SMILES string of the molecule is Cc1cccc(-c2c(C)cc3c(nc(N4CC(C)(N(C)C)C4)c4nnn(C5CCN(C(=O)OC(C)(C)C)[C@H](CC#N)C5)c43)c2F)c1. The number of carbonyl (C=O) groups excluding carboxylic acids is 1. The molecule has 2 aromatic heterocycles. The Bertz CT molecular complexity index is 1860. The number of hydrogen-bond donors (Lipinski definition) is 0. The van der Waals surface area contributed by atoms with Crippen LogP contribution in [0.4, 0.5) is 15.0 Å². The number of benzene rings is 2. The standard InChI is InChI=1S/C35H43FN8O2/c1-21-10-9-11-23(16-21)27-22(2)17-26-29(28(27)36)38-32(42-19-35(6,20-42)41(7)8)30-31(26)44(40-39-30)25-13-15-43(24(18-25)12-14-37)33(45)46-34(3,4)5/h9-11,16-17,24-25H,12-13,15,18-20H2,1-8H3/t24-,25?/m1/s1. The van der Waals surface area contributed by atoms with Crippen molar-refractivity contribution in [2.75, 3.05) is 38.6 Å². The molecule has 2 fully saturated rings. The molecule has 11 heteroatoms. The number of ether oxygens (including phenoxy) is 1. The molecule has 10 nitrogen and oxygen atoms in total. The van der Waals surface area contributed by atoms with Crippen LogP contribution in [-0.4, -0.2) is 86.8 Å². The number of nitriles is 1. The maximum Gasteiger partial charge on any atom is 0.410 e. The van der Waals surface area contributed by atoms with Crippen LogP contribution in [0.3, 0.4) is 0 Å². The molecule has 4 heterocycles. The first-order valence-electron chi connectivity index (χ1n) is 15.9. The lowest BCUT2D eigenvalue weighted by Gasteiger charge is -2.52. The van der Waals surface area contributed by atoms with Gasteiger partial charge in [-0.05, 0) is 85.7 Å². The number of nitrogens with zero attached hydrogens (tertiary/aromatic N) is 8. The van der Waals surface area contributed by atoms with Crippen molar-refractivity contribution in [1.82, 2.24) is 29.8 Å². The Morgan fingerprint density at radius 3 is 2.59 bits per heavy atom. The number of aryl methyl sites for hydroxylation is 2. The number of likely N-dealkylation sites (tertiary alicyclic amines) is 1. The fourth-order valence-corrected chi connectivity index (χ4v) is 6.86. The van der Waals surface area contributed by atoms with Gasteiger partial charge in [0.1, 0.15) is 16.6 Å². The molecule has 2 saturated heterocycles. The normalized spacial score (nSPS) is 19.8. The van der Waals surface area contributed by atoms with E-state index in [1.165, 1.54) is 0 Å². The van der Waals surface area contributed by atoms with Gasteiger partial charge in [-0.1, -0.05) is 35.0 Å². The summed E-state index contributed by atoms with van der Waals surface area (Å²) in [5, 5.41) is 19.7. The highest BCUT2D eigenvalue weighted by Gasteiger charge is 2.43. The number of carbonyl (C=O) groups is 1. The number of fused-ring (bicyclic) bond motifs is 3. The molecule has 46 heavy (non-hydrogen) atoms. The first-order valence-corrected chi connectivity index (χ1v) is 15.9. The van der Waals surface area contributed by atoms with Gasteiger partial charge in [0.15, 0.2) is 17.2 Å². The maximum absolute atomic E-state index is 16.8. The van der Waals surface area contributed by atoms with Crippen LogP contribution in [0.2, 0.25) is 0 Å². The average Bonchev–Trinajstić information content (AvgIpc) is 3.40. The minimum atomic E-state index is -0.645. The molecule has 0 bridgehead atoms. The number of halogens is 1. The summed E-state index contributed by atoms with van der Waals surface area (Å²) in [7, 11) is 4.13. The molecule has 0 N–H and O–H groups in total. The van der Waals surface area contributed by atoms with Gasteiger partial charge in [-0.2, -0.15) is 5.26 Å². The van der Waals surface area contributed by atoms with E-state index in [1.54, 1.807) is 4.90 Å². The zero-order chi connectivity index (χ0) is 33.1. The lowest BCUT2D eigenvalue weighted by Crippen LogP contribution is -2.67. The van der Waals surface area contributed by atoms with Crippen molar-refractivity contribution in [3.63, 3.8) is 0 Å². The van der Waals surface area contributed by atoms with Crippen LogP contribution >= 0.6 is 0 Å². The average molecular weight is 627 g/mol. The van der Waals surface area contributed by atoms with E-state index in [4.69, 9.17) is 9.72 Å². The van der Waals surface area contributed by atoms with Gasteiger partial charge >= 0.3 is 6.09 Å². The van der Waals surface area contributed by atoms with E-state index in [0.717, 1.165) is 35.3 Å². The van der Waals surface area contributed by atoms with Crippen molar-refractivity contribution in [2.24, 2.45) is 0 Å². The molecule has 2 aliphatic heterocycles. The maximum atomic E-state index is 16.8. The van der Waals surface area contributed by atoms with Crippen molar-refractivity contribution in [3.05, 3.63) is 47.3 Å². The quantitative estimate of drug-likeness (QED) is 0.251. The van der Waals surface area contributed by atoms with Crippen LogP contribution < -0.4 is 4.90 Å². The first-order chi connectivity index (χ1) is 21.7. The third-order valence-electron chi connectivity index (χ3n) is 9.55. The second-order valence-electron chi connectivity index (χ2n) is 14.4. The van der Waals surface area contributed by atoms with Crippen molar-refractivity contribution < 1.29 is 13.9 Å². The molecular formula is C35H43FN8O2. The van der Waals surface area contributed by atoms with Crippen LogP contribution in [0.5, 0.6) is 0 Å². The summed E-state index contributed by atoms with van der Waals surface area (Å²) in [6.07, 6.45) is 0.829. The summed E-state index contributed by atoms with van der Waals surface area (Å²) in [6, 6.07) is 11.6. The van der Waals surface area contributed by atoms with Gasteiger partial charge in [0.25, 0.3) is 0 Å². The van der Waals surface area contributed by atoms with Crippen molar-refractivity contribution in [1.29, 1.82) is 5.26 Å². The second kappa shape index (κ2) is 11.5. The monoisotopic (exact) mass is 626 g/mol. The number of rotatable bonds is 5. The minimum absolute atomic E-state index is 0.0451. The molecule has 2 aromatic carbocycles. The summed E-state index contributed by atoms with van der Waals surface area (Å²) >= 11 is 0. The largest absolute Gasteiger partial charge is 0.444 e. The van der Waals surface area contributed by atoms with Crippen LogP contribution in [0.1, 0.15) is 64.1 Å². The summed E-state index contributed by atoms with van der Waals surface area (Å²) in [6.45, 7) is 13.5. The van der Waals surface area contributed by atoms with Gasteiger partial charge in [0.05, 0.1) is 30.1 Å². The molecular weight excluding hydrogens is 583 g/mol. The van der Waals surface area contributed by atoms with Crippen molar-refractivity contribution in [2.45, 2.75) is 84.0 Å². The highest BCUT2D eigenvalue weighted by molar-refractivity contribution is 6.08. The van der Waals surface area contributed by atoms with Gasteiger partial charge in [0, 0.05) is 30.6 Å². The van der Waals surface area contributed by atoms with E-state index in [0.29, 0.717) is 41.7 Å². The smallest absolute Gasteiger partial charge is 0.410 e. The van der Waals surface area contributed by atoms with Gasteiger partial charge in [-0.3, -0.25) is 0 Å². The summed E-state index contributed by atoms with van der Waals surface area (Å²) in [4.78, 5) is 24.1. The van der Waals surface area contributed by atoms with Gasteiger partial charge in [0.2, 0.25) is 0 Å².